The van der Waals surface area contributed by atoms with E-state index >= 15 is 0 Å². The van der Waals surface area contributed by atoms with Gasteiger partial charge in [0.05, 0.1) is 10.9 Å². The van der Waals surface area contributed by atoms with Crippen LogP contribution in [0.1, 0.15) is 34.6 Å². The summed E-state index contributed by atoms with van der Waals surface area (Å²) in [6.45, 7) is 3.78. The summed E-state index contributed by atoms with van der Waals surface area (Å²) in [6, 6.07) is 11.5. The minimum atomic E-state index is -0.341. The lowest BCUT2D eigenvalue weighted by Crippen LogP contribution is -2.21. The van der Waals surface area contributed by atoms with E-state index in [0.29, 0.717) is 39.0 Å². The van der Waals surface area contributed by atoms with Gasteiger partial charge in [0.25, 0.3) is 11.5 Å². The van der Waals surface area contributed by atoms with E-state index in [1.54, 1.807) is 42.5 Å². The van der Waals surface area contributed by atoms with Gasteiger partial charge in [-0.2, -0.15) is 0 Å². The third kappa shape index (κ3) is 3.34. The van der Waals surface area contributed by atoms with Gasteiger partial charge < -0.3 is 10.3 Å². The maximum Gasteiger partial charge on any atom is 0.262 e. The second-order valence-electron chi connectivity index (χ2n) is 5.83. The number of nitrogens with zero attached hydrogens (tertiary/aromatic N) is 1. The fourth-order valence-corrected chi connectivity index (χ4v) is 3.02. The van der Waals surface area contributed by atoms with Crippen LogP contribution in [0, 0.1) is 4.77 Å². The molecule has 7 heteroatoms. The predicted molar refractivity (Wildman–Crippen MR) is 103 cm³/mol. The van der Waals surface area contributed by atoms with Crippen molar-refractivity contribution in [3.63, 3.8) is 0 Å². The van der Waals surface area contributed by atoms with Gasteiger partial charge in [-0.1, -0.05) is 12.1 Å². The number of carbonyl (C=O) groups is 2. The highest BCUT2D eigenvalue weighted by Gasteiger charge is 2.11. The van der Waals surface area contributed by atoms with Crippen LogP contribution in [-0.4, -0.2) is 21.2 Å². The number of anilines is 1. The lowest BCUT2D eigenvalue weighted by molar-refractivity contribution is 0.101. The average molecular weight is 367 g/mol. The molecule has 132 valence electrons. The number of hydrogen-bond acceptors (Lipinski definition) is 4. The summed E-state index contributed by atoms with van der Waals surface area (Å²) in [6.07, 6.45) is 0. The van der Waals surface area contributed by atoms with E-state index in [-0.39, 0.29) is 17.2 Å². The normalized spacial score (nSPS) is 10.7. The zero-order chi connectivity index (χ0) is 18.8. The van der Waals surface area contributed by atoms with Gasteiger partial charge in [0.15, 0.2) is 10.6 Å². The van der Waals surface area contributed by atoms with Crippen molar-refractivity contribution in [1.82, 2.24) is 9.55 Å². The molecule has 1 heterocycles. The fraction of sp³-hybridized carbons (Fsp3) is 0.158. The molecule has 0 fully saturated rings. The third-order valence-electron chi connectivity index (χ3n) is 4.09. The zero-order valence-corrected chi connectivity index (χ0v) is 15.1. The molecule has 0 saturated carbocycles. The van der Waals surface area contributed by atoms with Crippen molar-refractivity contribution in [2.75, 3.05) is 5.32 Å². The largest absolute Gasteiger partial charge is 0.332 e. The molecule has 0 aliphatic carbocycles. The minimum Gasteiger partial charge on any atom is -0.332 e. The molecule has 1 aromatic heterocycles. The average Bonchev–Trinajstić information content (AvgIpc) is 2.61. The summed E-state index contributed by atoms with van der Waals surface area (Å²) >= 11 is 5.19. The van der Waals surface area contributed by atoms with Crippen LogP contribution in [0.3, 0.4) is 0 Å². The molecule has 0 atom stereocenters. The van der Waals surface area contributed by atoms with Crippen molar-refractivity contribution >= 4 is 40.5 Å². The summed E-state index contributed by atoms with van der Waals surface area (Å²) in [7, 11) is 0. The predicted octanol–water partition coefficient (Wildman–Crippen LogP) is 3.53. The van der Waals surface area contributed by atoms with E-state index in [4.69, 9.17) is 12.2 Å². The van der Waals surface area contributed by atoms with E-state index in [2.05, 4.69) is 10.3 Å². The number of Topliss-reactive ketones (excluding diaryl/α,β-unsaturated/α-hetero) is 1. The molecule has 0 unspecified atom stereocenters. The first-order valence-corrected chi connectivity index (χ1v) is 8.50. The molecular formula is C19H17N3O3S. The summed E-state index contributed by atoms with van der Waals surface area (Å²) in [5, 5.41) is 3.22. The van der Waals surface area contributed by atoms with Gasteiger partial charge in [-0.25, -0.2) is 0 Å². The van der Waals surface area contributed by atoms with Crippen molar-refractivity contribution in [3.8, 4) is 0 Å². The van der Waals surface area contributed by atoms with Gasteiger partial charge in [0.1, 0.15) is 0 Å². The number of aromatic amines is 1. The van der Waals surface area contributed by atoms with Gasteiger partial charge in [-0.05, 0) is 56.4 Å². The monoisotopic (exact) mass is 367 g/mol. The van der Waals surface area contributed by atoms with Crippen molar-refractivity contribution in [2.45, 2.75) is 20.4 Å². The highest BCUT2D eigenvalue weighted by molar-refractivity contribution is 7.71. The maximum atomic E-state index is 12.5. The van der Waals surface area contributed by atoms with Crippen molar-refractivity contribution in [3.05, 3.63) is 68.7 Å². The van der Waals surface area contributed by atoms with Crippen LogP contribution in [-0.2, 0) is 6.54 Å². The second-order valence-corrected chi connectivity index (χ2v) is 6.22. The van der Waals surface area contributed by atoms with E-state index in [0.717, 1.165) is 0 Å². The highest BCUT2D eigenvalue weighted by atomic mass is 32.1. The number of nitrogens with one attached hydrogen (secondary N) is 2. The SMILES string of the molecule is CCn1c(=S)[nH]c2cc(C(=O)Nc3cccc(C(C)=O)c3)ccc2c1=O. The van der Waals surface area contributed by atoms with Gasteiger partial charge in [-0.15, -0.1) is 0 Å². The topological polar surface area (TPSA) is 84.0 Å². The Morgan fingerprint density at radius 2 is 1.92 bits per heavy atom. The standard InChI is InChI=1S/C19H17N3O3S/c1-3-22-18(25)15-8-7-13(10-16(15)21-19(22)26)17(24)20-14-6-4-5-12(9-14)11(2)23/h4-10H,3H2,1-2H3,(H,20,24)(H,21,26). The Bertz CT molecular complexity index is 1140. The molecule has 2 N–H and O–H groups in total. The number of carbonyl (C=O) groups excluding carboxylic acids is 2. The fourth-order valence-electron chi connectivity index (χ4n) is 2.70. The van der Waals surface area contributed by atoms with Crippen LogP contribution in [0.4, 0.5) is 5.69 Å². The molecule has 3 rings (SSSR count). The van der Waals surface area contributed by atoms with Crippen molar-refractivity contribution in [1.29, 1.82) is 0 Å². The highest BCUT2D eigenvalue weighted by Crippen LogP contribution is 2.15. The van der Waals surface area contributed by atoms with E-state index in [9.17, 15) is 14.4 Å². The first-order chi connectivity index (χ1) is 12.4. The molecule has 0 radical (unpaired) electrons. The first kappa shape index (κ1) is 17.8. The number of benzene rings is 2. The van der Waals surface area contributed by atoms with E-state index in [1.165, 1.54) is 11.5 Å². The van der Waals surface area contributed by atoms with Crippen molar-refractivity contribution < 1.29 is 9.59 Å². The van der Waals surface area contributed by atoms with Crippen LogP contribution in [0.2, 0.25) is 0 Å². The quantitative estimate of drug-likeness (QED) is 0.546. The summed E-state index contributed by atoms with van der Waals surface area (Å²) in [5.41, 5.74) is 1.75. The van der Waals surface area contributed by atoms with E-state index < -0.39 is 0 Å². The molecule has 3 aromatic rings. The Kier molecular flexibility index (Phi) is 4.81. The molecule has 0 aliphatic rings. The van der Waals surface area contributed by atoms with Crippen LogP contribution in [0.15, 0.2) is 47.3 Å². The number of amides is 1. The number of H-pyrrole nitrogens is 1. The number of rotatable bonds is 4. The van der Waals surface area contributed by atoms with Crippen LogP contribution in [0.25, 0.3) is 10.9 Å². The maximum absolute atomic E-state index is 12.5. The summed E-state index contributed by atoms with van der Waals surface area (Å²) in [4.78, 5) is 39.4. The Morgan fingerprint density at radius 3 is 2.62 bits per heavy atom. The Hall–Kier alpha value is -3.06. The second kappa shape index (κ2) is 7.05. The summed E-state index contributed by atoms with van der Waals surface area (Å²) < 4.78 is 1.78. The van der Waals surface area contributed by atoms with Gasteiger partial charge in [0.2, 0.25) is 0 Å². The number of aromatic nitrogens is 2. The minimum absolute atomic E-state index is 0.0772. The zero-order valence-electron chi connectivity index (χ0n) is 14.3. The number of ketones is 1. The summed E-state index contributed by atoms with van der Waals surface area (Å²) in [5.74, 6) is -0.418. The lowest BCUT2D eigenvalue weighted by Gasteiger charge is -2.09. The molecule has 6 nitrogen and oxygen atoms in total. The molecule has 26 heavy (non-hydrogen) atoms. The molecule has 0 aliphatic heterocycles. The molecule has 0 bridgehead atoms. The van der Waals surface area contributed by atoms with Gasteiger partial charge in [-0.3, -0.25) is 19.0 Å². The number of fused-ring (bicyclic) bond motifs is 1. The lowest BCUT2D eigenvalue weighted by atomic mass is 10.1. The van der Waals surface area contributed by atoms with Crippen LogP contribution >= 0.6 is 12.2 Å². The molecule has 0 saturated heterocycles. The van der Waals surface area contributed by atoms with Crippen LogP contribution in [0.5, 0.6) is 0 Å². The molecule has 1 amide bonds. The molecule has 2 aromatic carbocycles. The van der Waals surface area contributed by atoms with Gasteiger partial charge in [0, 0.05) is 23.4 Å². The Morgan fingerprint density at radius 1 is 1.15 bits per heavy atom. The van der Waals surface area contributed by atoms with E-state index in [1.807, 2.05) is 6.92 Å². The Balaban J connectivity index is 1.97. The van der Waals surface area contributed by atoms with Crippen molar-refractivity contribution in [2.24, 2.45) is 0 Å². The first-order valence-electron chi connectivity index (χ1n) is 8.10. The smallest absolute Gasteiger partial charge is 0.262 e. The number of hydrogen-bond donors (Lipinski definition) is 2. The van der Waals surface area contributed by atoms with Gasteiger partial charge >= 0.3 is 0 Å². The third-order valence-corrected chi connectivity index (χ3v) is 4.41. The molecular weight excluding hydrogens is 350 g/mol. The Labute approximate surface area is 154 Å². The van der Waals surface area contributed by atoms with Crippen LogP contribution < -0.4 is 10.9 Å². The molecule has 0 spiro atoms.